The number of anilines is 1. The molecule has 3 N–H and O–H groups in total. The number of terminal acetylenes is 1. The van der Waals surface area contributed by atoms with Gasteiger partial charge in [0.2, 0.25) is 11.8 Å². The van der Waals surface area contributed by atoms with Crippen molar-refractivity contribution in [1.82, 2.24) is 15.2 Å². The van der Waals surface area contributed by atoms with Crippen molar-refractivity contribution in [2.45, 2.75) is 49.9 Å². The number of hydrogen-bond donors (Lipinski definition) is 3. The number of halogens is 3. The molecule has 0 bridgehead atoms. The normalized spacial score (nSPS) is 21.3. The molecule has 2 aliphatic heterocycles. The molecule has 7 nitrogen and oxygen atoms in total. The van der Waals surface area contributed by atoms with Crippen molar-refractivity contribution in [3.8, 4) is 12.3 Å². The van der Waals surface area contributed by atoms with E-state index < -0.39 is 53.0 Å². The zero-order valence-electron chi connectivity index (χ0n) is 20.7. The molecule has 2 aliphatic rings. The van der Waals surface area contributed by atoms with Crippen molar-refractivity contribution in [1.29, 1.82) is 0 Å². The van der Waals surface area contributed by atoms with E-state index >= 15 is 0 Å². The van der Waals surface area contributed by atoms with Gasteiger partial charge in [0.1, 0.15) is 29.0 Å². The maximum atomic E-state index is 14.8. The summed E-state index contributed by atoms with van der Waals surface area (Å²) in [6, 6.07) is 7.97. The van der Waals surface area contributed by atoms with Gasteiger partial charge in [-0.1, -0.05) is 24.1 Å². The van der Waals surface area contributed by atoms with Crippen LogP contribution in [0.1, 0.15) is 42.7 Å². The van der Waals surface area contributed by atoms with Crippen molar-refractivity contribution < 1.29 is 27.6 Å². The Balaban J connectivity index is 1.45. The molecule has 3 atom stereocenters. The van der Waals surface area contributed by atoms with Gasteiger partial charge in [-0.05, 0) is 50.1 Å². The summed E-state index contributed by atoms with van der Waals surface area (Å²) in [4.78, 5) is 43.8. The molecule has 1 fully saturated rings. The number of hydrogen-bond acceptors (Lipinski definition) is 3. The summed E-state index contributed by atoms with van der Waals surface area (Å²) in [7, 11) is 0. The van der Waals surface area contributed by atoms with Crippen LogP contribution >= 0.6 is 0 Å². The van der Waals surface area contributed by atoms with Crippen LogP contribution in [0.4, 0.5) is 18.9 Å². The second-order valence-corrected chi connectivity index (χ2v) is 10.4. The number of aromatic amines is 1. The van der Waals surface area contributed by atoms with E-state index in [9.17, 15) is 27.6 Å². The smallest absolute Gasteiger partial charge is 0.268 e. The number of benzene rings is 2. The molecule has 2 aromatic carbocycles. The van der Waals surface area contributed by atoms with Crippen LogP contribution < -0.4 is 10.6 Å². The predicted octanol–water partition coefficient (Wildman–Crippen LogP) is 3.81. The van der Waals surface area contributed by atoms with Gasteiger partial charge in [-0.3, -0.25) is 14.4 Å². The number of aromatic nitrogens is 1. The van der Waals surface area contributed by atoms with Gasteiger partial charge in [-0.15, -0.1) is 6.42 Å². The number of H-pyrrole nitrogens is 1. The highest BCUT2D eigenvalue weighted by atomic mass is 19.1. The van der Waals surface area contributed by atoms with E-state index in [0.717, 1.165) is 18.2 Å². The molecule has 1 spiro atoms. The van der Waals surface area contributed by atoms with Crippen molar-refractivity contribution >= 4 is 34.3 Å². The molecule has 3 aromatic rings. The summed E-state index contributed by atoms with van der Waals surface area (Å²) in [6.07, 6.45) is 5.52. The molecule has 1 saturated heterocycles. The number of amides is 3. The highest BCUT2D eigenvalue weighted by molar-refractivity contribution is 6.07. The molecule has 1 aromatic heterocycles. The zero-order chi connectivity index (χ0) is 27.4. The highest BCUT2D eigenvalue weighted by Gasteiger charge is 2.56. The third-order valence-corrected chi connectivity index (χ3v) is 7.19. The number of likely N-dealkylation sites (tertiary alicyclic amines) is 1. The topological polar surface area (TPSA) is 94.3 Å². The maximum Gasteiger partial charge on any atom is 0.268 e. The average Bonchev–Trinajstić information content (AvgIpc) is 3.55. The second kappa shape index (κ2) is 8.94. The van der Waals surface area contributed by atoms with Gasteiger partial charge in [0, 0.05) is 24.0 Å². The molecule has 0 saturated carbocycles. The molecular formula is C28H25F3N4O3. The Bertz CT molecular complexity index is 1480. The van der Waals surface area contributed by atoms with Gasteiger partial charge >= 0.3 is 0 Å². The number of nitrogens with zero attached hydrogens (tertiary/aromatic N) is 1. The summed E-state index contributed by atoms with van der Waals surface area (Å²) in [5, 5.41) is 5.21. The predicted molar refractivity (Wildman–Crippen MR) is 135 cm³/mol. The largest absolute Gasteiger partial charge is 0.348 e. The van der Waals surface area contributed by atoms with Gasteiger partial charge in [0.15, 0.2) is 0 Å². The number of fused-ring (bicyclic) bond motifs is 3. The van der Waals surface area contributed by atoms with Crippen molar-refractivity contribution in [3.05, 3.63) is 65.4 Å². The van der Waals surface area contributed by atoms with Crippen LogP contribution in [0, 0.1) is 24.0 Å². The number of alkyl halides is 1. The van der Waals surface area contributed by atoms with Crippen LogP contribution in [0.15, 0.2) is 42.5 Å². The monoisotopic (exact) mass is 522 g/mol. The van der Waals surface area contributed by atoms with Crippen LogP contribution in [0.2, 0.25) is 0 Å². The lowest BCUT2D eigenvalue weighted by atomic mass is 9.79. The fourth-order valence-corrected chi connectivity index (χ4v) is 5.41. The molecule has 38 heavy (non-hydrogen) atoms. The summed E-state index contributed by atoms with van der Waals surface area (Å²) in [5.41, 5.74) is -2.00. The lowest BCUT2D eigenvalue weighted by Crippen LogP contribution is -2.52. The summed E-state index contributed by atoms with van der Waals surface area (Å²) < 4.78 is 43.1. The number of para-hydroxylation sites is 1. The van der Waals surface area contributed by atoms with E-state index in [-0.39, 0.29) is 35.5 Å². The lowest BCUT2D eigenvalue weighted by Gasteiger charge is -2.30. The SMILES string of the molecule is C#C[C@@H]1C[C@@]2(CN1C(=O)C(CC(C)(C)F)NC(=O)c1cc3c(F)ccc(F)c3[nH]1)C(=O)Nc1ccccc12. The number of rotatable bonds is 5. The van der Waals surface area contributed by atoms with E-state index in [4.69, 9.17) is 6.42 Å². The van der Waals surface area contributed by atoms with Crippen LogP contribution in [-0.2, 0) is 15.0 Å². The molecule has 1 unspecified atom stereocenters. The Morgan fingerprint density at radius 2 is 1.95 bits per heavy atom. The Hall–Kier alpha value is -4.26. The maximum absolute atomic E-state index is 14.8. The van der Waals surface area contributed by atoms with Crippen LogP contribution in [0.5, 0.6) is 0 Å². The quantitative estimate of drug-likeness (QED) is 0.445. The van der Waals surface area contributed by atoms with Crippen molar-refractivity contribution in [2.75, 3.05) is 11.9 Å². The molecule has 3 heterocycles. The fourth-order valence-electron chi connectivity index (χ4n) is 5.41. The Kier molecular flexibility index (Phi) is 5.97. The second-order valence-electron chi connectivity index (χ2n) is 10.4. The van der Waals surface area contributed by atoms with Crippen LogP contribution in [-0.4, -0.2) is 51.9 Å². The molecule has 3 amide bonds. The van der Waals surface area contributed by atoms with Crippen molar-refractivity contribution in [2.24, 2.45) is 0 Å². The first-order chi connectivity index (χ1) is 17.9. The lowest BCUT2D eigenvalue weighted by molar-refractivity contribution is -0.134. The van der Waals surface area contributed by atoms with E-state index in [2.05, 4.69) is 21.5 Å². The standard InChI is InChI=1S/C28H25F3N4O3/c1-4-15-12-28(17-7-5-6-8-20(17)34-26(28)38)14-35(15)25(37)22(13-27(2,3)31)33-24(36)21-11-16-18(29)9-10-19(30)23(16)32-21/h1,5-11,15,22,32H,12-14H2,2-3H3,(H,33,36)(H,34,38)/t15-,22?,28+/m1/s1. The van der Waals surface area contributed by atoms with E-state index in [0.29, 0.717) is 11.3 Å². The minimum Gasteiger partial charge on any atom is -0.348 e. The van der Waals surface area contributed by atoms with Crippen LogP contribution in [0.3, 0.4) is 0 Å². The van der Waals surface area contributed by atoms with E-state index in [1.165, 1.54) is 18.7 Å². The molecule has 196 valence electrons. The van der Waals surface area contributed by atoms with Gasteiger partial charge in [0.05, 0.1) is 17.0 Å². The fraction of sp³-hybridized carbons (Fsp3) is 0.321. The molecule has 5 rings (SSSR count). The molecule has 10 heteroatoms. The Morgan fingerprint density at radius 3 is 2.63 bits per heavy atom. The molecular weight excluding hydrogens is 497 g/mol. The minimum atomic E-state index is -1.87. The number of carbonyl (C=O) groups excluding carboxylic acids is 3. The van der Waals surface area contributed by atoms with Gasteiger partial charge < -0.3 is 20.5 Å². The number of carbonyl (C=O) groups is 3. The van der Waals surface area contributed by atoms with Crippen LogP contribution in [0.25, 0.3) is 10.9 Å². The molecule has 0 radical (unpaired) electrons. The third-order valence-electron chi connectivity index (χ3n) is 7.19. The van der Waals surface area contributed by atoms with E-state index in [1.54, 1.807) is 24.3 Å². The third kappa shape index (κ3) is 4.18. The zero-order valence-corrected chi connectivity index (χ0v) is 20.7. The Morgan fingerprint density at radius 1 is 1.24 bits per heavy atom. The first kappa shape index (κ1) is 25.4. The average molecular weight is 523 g/mol. The summed E-state index contributed by atoms with van der Waals surface area (Å²) >= 11 is 0. The summed E-state index contributed by atoms with van der Waals surface area (Å²) in [6.45, 7) is 2.47. The summed E-state index contributed by atoms with van der Waals surface area (Å²) in [5.74, 6) is -0.727. The van der Waals surface area contributed by atoms with Gasteiger partial charge in [-0.2, -0.15) is 0 Å². The minimum absolute atomic E-state index is 0.0502. The Labute approximate surface area is 216 Å². The van der Waals surface area contributed by atoms with Gasteiger partial charge in [-0.25, -0.2) is 13.2 Å². The molecule has 0 aliphatic carbocycles. The first-order valence-corrected chi connectivity index (χ1v) is 12.1. The van der Waals surface area contributed by atoms with Crippen molar-refractivity contribution in [3.63, 3.8) is 0 Å². The highest BCUT2D eigenvalue weighted by Crippen LogP contribution is 2.46. The first-order valence-electron chi connectivity index (χ1n) is 12.1. The van der Waals surface area contributed by atoms with E-state index in [1.807, 2.05) is 0 Å². The number of nitrogens with one attached hydrogen (secondary N) is 3. The van der Waals surface area contributed by atoms with Gasteiger partial charge in [0.25, 0.3) is 5.91 Å².